The largest absolute Gasteiger partial charge is 0.497 e. The monoisotopic (exact) mass is 454 g/mol. The van der Waals surface area contributed by atoms with Gasteiger partial charge in [0.15, 0.2) is 5.82 Å². The maximum Gasteiger partial charge on any atom is 0.278 e. The highest BCUT2D eigenvalue weighted by atomic mass is 16.5. The summed E-state index contributed by atoms with van der Waals surface area (Å²) >= 11 is 0. The van der Waals surface area contributed by atoms with Crippen molar-refractivity contribution in [1.82, 2.24) is 24.3 Å². The number of rotatable bonds is 7. The molecule has 0 atom stereocenters. The molecule has 9 heteroatoms. The number of hydrogen-bond donors (Lipinski definition) is 0. The number of fused-ring (bicyclic) bond motifs is 3. The van der Waals surface area contributed by atoms with Gasteiger partial charge in [0.1, 0.15) is 23.3 Å². The van der Waals surface area contributed by atoms with Gasteiger partial charge >= 0.3 is 0 Å². The Morgan fingerprint density at radius 1 is 1.18 bits per heavy atom. The Bertz CT molecular complexity index is 1610. The van der Waals surface area contributed by atoms with Crippen molar-refractivity contribution in [2.24, 2.45) is 0 Å². The third-order valence-corrected chi connectivity index (χ3v) is 5.72. The van der Waals surface area contributed by atoms with Crippen molar-refractivity contribution in [2.45, 2.75) is 32.9 Å². The van der Waals surface area contributed by atoms with Gasteiger partial charge in [0.2, 0.25) is 5.89 Å². The minimum absolute atomic E-state index is 0.132. The molecular formula is C25H22N6O3. The Morgan fingerprint density at radius 3 is 2.85 bits per heavy atom. The van der Waals surface area contributed by atoms with Gasteiger partial charge in [-0.3, -0.25) is 9.36 Å². The lowest BCUT2D eigenvalue weighted by Crippen LogP contribution is -2.23. The zero-order valence-electron chi connectivity index (χ0n) is 18.9. The highest BCUT2D eigenvalue weighted by molar-refractivity contribution is 6.06. The van der Waals surface area contributed by atoms with Crippen LogP contribution in [0.3, 0.4) is 0 Å². The van der Waals surface area contributed by atoms with Crippen LogP contribution in [0.15, 0.2) is 58.1 Å². The van der Waals surface area contributed by atoms with Crippen LogP contribution in [0.5, 0.6) is 5.75 Å². The Balaban J connectivity index is 1.67. The number of hydrogen-bond acceptors (Lipinski definition) is 7. The van der Waals surface area contributed by atoms with Gasteiger partial charge in [-0.15, -0.1) is 0 Å². The molecule has 9 nitrogen and oxygen atoms in total. The van der Waals surface area contributed by atoms with Crippen molar-refractivity contribution < 1.29 is 9.26 Å². The van der Waals surface area contributed by atoms with E-state index in [2.05, 4.69) is 21.2 Å². The molecule has 0 N–H and O–H groups in total. The van der Waals surface area contributed by atoms with Crippen molar-refractivity contribution in [2.75, 3.05) is 7.11 Å². The highest BCUT2D eigenvalue weighted by Gasteiger charge is 2.19. The molecule has 34 heavy (non-hydrogen) atoms. The molecule has 0 saturated heterocycles. The van der Waals surface area contributed by atoms with E-state index in [4.69, 9.17) is 9.26 Å². The van der Waals surface area contributed by atoms with E-state index in [1.165, 1.54) is 10.9 Å². The first kappa shape index (κ1) is 21.4. The summed E-state index contributed by atoms with van der Waals surface area (Å²) in [4.78, 5) is 22.6. The van der Waals surface area contributed by atoms with E-state index >= 15 is 0 Å². The topological polar surface area (TPSA) is 112 Å². The first-order valence-corrected chi connectivity index (χ1v) is 11.0. The molecule has 0 fully saturated rings. The maximum atomic E-state index is 13.7. The SMILES string of the molecule is CCCc1noc(Cn2cnc3c4cc(OC)ccc4n(Cc4cccc(C#N)c4)c3c2=O)n1. The molecule has 3 heterocycles. The molecule has 0 unspecified atom stereocenters. The summed E-state index contributed by atoms with van der Waals surface area (Å²) in [5.41, 5.74) is 3.15. The van der Waals surface area contributed by atoms with Crippen LogP contribution in [-0.2, 0) is 19.5 Å². The summed E-state index contributed by atoms with van der Waals surface area (Å²) in [6.45, 7) is 2.58. The van der Waals surface area contributed by atoms with E-state index in [1.54, 1.807) is 13.2 Å². The zero-order valence-corrected chi connectivity index (χ0v) is 18.9. The first-order valence-electron chi connectivity index (χ1n) is 11.0. The normalized spacial score (nSPS) is 11.2. The molecule has 0 radical (unpaired) electrons. The Hall–Kier alpha value is -4.45. The van der Waals surface area contributed by atoms with Gasteiger partial charge in [-0.05, 0) is 42.3 Å². The Labute approximate surface area is 194 Å². The molecule has 170 valence electrons. The Morgan fingerprint density at radius 2 is 2.06 bits per heavy atom. The average Bonchev–Trinajstić information content (AvgIpc) is 3.43. The van der Waals surface area contributed by atoms with Crippen LogP contribution >= 0.6 is 0 Å². The fourth-order valence-corrected chi connectivity index (χ4v) is 4.13. The molecule has 3 aromatic heterocycles. The van der Waals surface area contributed by atoms with E-state index < -0.39 is 0 Å². The number of benzene rings is 2. The summed E-state index contributed by atoms with van der Waals surface area (Å²) in [7, 11) is 1.60. The van der Waals surface area contributed by atoms with Gasteiger partial charge in [-0.1, -0.05) is 24.2 Å². The molecule has 2 aromatic carbocycles. The predicted octanol–water partition coefficient (Wildman–Crippen LogP) is 3.66. The average molecular weight is 454 g/mol. The van der Waals surface area contributed by atoms with Gasteiger partial charge in [-0.2, -0.15) is 10.2 Å². The molecular weight excluding hydrogens is 432 g/mol. The second-order valence-electron chi connectivity index (χ2n) is 8.01. The summed E-state index contributed by atoms with van der Waals surface area (Å²) in [5.74, 6) is 1.66. The minimum atomic E-state index is -0.216. The summed E-state index contributed by atoms with van der Waals surface area (Å²) in [5, 5.41) is 14.1. The molecule has 0 aliphatic rings. The number of nitrogens with zero attached hydrogens (tertiary/aromatic N) is 6. The lowest BCUT2D eigenvalue weighted by atomic mass is 10.1. The van der Waals surface area contributed by atoms with Crippen LogP contribution in [0.1, 0.15) is 36.2 Å². The van der Waals surface area contributed by atoms with Crippen molar-refractivity contribution in [3.05, 3.63) is 82.0 Å². The molecule has 0 aliphatic carbocycles. The molecule has 5 rings (SSSR count). The van der Waals surface area contributed by atoms with E-state index in [1.807, 2.05) is 47.9 Å². The van der Waals surface area contributed by atoms with Gasteiger partial charge < -0.3 is 13.8 Å². The summed E-state index contributed by atoms with van der Waals surface area (Å²) in [6.07, 6.45) is 3.13. The van der Waals surface area contributed by atoms with Crippen molar-refractivity contribution in [1.29, 1.82) is 5.26 Å². The molecule has 0 aliphatic heterocycles. The second kappa shape index (κ2) is 8.83. The van der Waals surface area contributed by atoms with E-state index in [0.29, 0.717) is 47.0 Å². The van der Waals surface area contributed by atoms with E-state index in [9.17, 15) is 10.1 Å². The molecule has 5 aromatic rings. The third-order valence-electron chi connectivity index (χ3n) is 5.72. The van der Waals surface area contributed by atoms with Crippen LogP contribution in [0, 0.1) is 11.3 Å². The van der Waals surface area contributed by atoms with Gasteiger partial charge in [0.25, 0.3) is 5.56 Å². The number of ether oxygens (including phenoxy) is 1. The van der Waals surface area contributed by atoms with Crippen LogP contribution in [0.2, 0.25) is 0 Å². The maximum absolute atomic E-state index is 13.7. The lowest BCUT2D eigenvalue weighted by molar-refractivity contribution is 0.364. The van der Waals surface area contributed by atoms with E-state index in [-0.39, 0.29) is 12.1 Å². The lowest BCUT2D eigenvalue weighted by Gasteiger charge is -2.09. The van der Waals surface area contributed by atoms with Crippen molar-refractivity contribution in [3.8, 4) is 11.8 Å². The first-order chi connectivity index (χ1) is 16.6. The Kier molecular flexibility index (Phi) is 5.55. The van der Waals surface area contributed by atoms with Crippen LogP contribution < -0.4 is 10.3 Å². The van der Waals surface area contributed by atoms with E-state index in [0.717, 1.165) is 22.9 Å². The quantitative estimate of drug-likeness (QED) is 0.369. The number of aryl methyl sites for hydroxylation is 1. The fraction of sp³-hybridized carbons (Fsp3) is 0.240. The van der Waals surface area contributed by atoms with Gasteiger partial charge in [0.05, 0.1) is 30.6 Å². The number of methoxy groups -OCH3 is 1. The summed E-state index contributed by atoms with van der Waals surface area (Å²) < 4.78 is 14.1. The van der Waals surface area contributed by atoms with Gasteiger partial charge in [0, 0.05) is 18.4 Å². The highest BCUT2D eigenvalue weighted by Crippen LogP contribution is 2.29. The number of nitriles is 1. The predicted molar refractivity (Wildman–Crippen MR) is 126 cm³/mol. The standard InChI is InChI=1S/C25H22N6O3/c1-3-5-21-28-22(34-29-21)14-30-15-27-23-19-11-18(33-2)8-9-20(19)31(24(23)25(30)32)13-17-7-4-6-16(10-17)12-26/h4,6-11,15H,3,5,13-14H2,1-2H3. The van der Waals surface area contributed by atoms with Crippen molar-refractivity contribution in [3.63, 3.8) is 0 Å². The minimum Gasteiger partial charge on any atom is -0.497 e. The molecule has 0 saturated carbocycles. The van der Waals surface area contributed by atoms with Crippen LogP contribution in [0.25, 0.3) is 21.9 Å². The van der Waals surface area contributed by atoms with Crippen LogP contribution in [-0.4, -0.2) is 31.4 Å². The second-order valence-corrected chi connectivity index (χ2v) is 8.01. The van der Waals surface area contributed by atoms with Crippen molar-refractivity contribution >= 4 is 21.9 Å². The van der Waals surface area contributed by atoms with Gasteiger partial charge in [-0.25, -0.2) is 4.98 Å². The number of aromatic nitrogens is 5. The smallest absolute Gasteiger partial charge is 0.278 e. The zero-order chi connectivity index (χ0) is 23.7. The molecule has 0 spiro atoms. The molecule has 0 amide bonds. The third kappa shape index (κ3) is 3.79. The van der Waals surface area contributed by atoms with Crippen LogP contribution in [0.4, 0.5) is 0 Å². The molecule has 0 bridgehead atoms. The fourth-order valence-electron chi connectivity index (χ4n) is 4.13. The summed E-state index contributed by atoms with van der Waals surface area (Å²) in [6, 6.07) is 15.2.